The van der Waals surface area contributed by atoms with Crippen LogP contribution in [0.4, 0.5) is 0 Å². The fourth-order valence-corrected chi connectivity index (χ4v) is 4.97. The normalized spacial score (nSPS) is 13.8. The largest absolute Gasteiger partial charge is 0.493 e. The molecule has 0 amide bonds. The van der Waals surface area contributed by atoms with Crippen molar-refractivity contribution in [1.82, 2.24) is 14.6 Å². The molecule has 0 N–H and O–H groups in total. The van der Waals surface area contributed by atoms with Crippen molar-refractivity contribution in [2.75, 3.05) is 21.3 Å². The van der Waals surface area contributed by atoms with Crippen LogP contribution in [0, 0.1) is 0 Å². The molecule has 0 bridgehead atoms. The van der Waals surface area contributed by atoms with Gasteiger partial charge in [0.25, 0.3) is 0 Å². The summed E-state index contributed by atoms with van der Waals surface area (Å²) in [5.74, 6) is 1.80. The van der Waals surface area contributed by atoms with Crippen molar-refractivity contribution < 1.29 is 14.2 Å². The highest BCUT2D eigenvalue weighted by atomic mass is 35.5. The van der Waals surface area contributed by atoms with Gasteiger partial charge >= 0.3 is 0 Å². The summed E-state index contributed by atoms with van der Waals surface area (Å²) < 4.78 is 18.9. The van der Waals surface area contributed by atoms with Crippen LogP contribution in [0.5, 0.6) is 17.2 Å². The van der Waals surface area contributed by atoms with E-state index in [0.29, 0.717) is 22.3 Å². The number of fused-ring (bicyclic) bond motifs is 3. The summed E-state index contributed by atoms with van der Waals surface area (Å²) in [4.78, 5) is 5.21. The standard InChI is InChI=1S/C27H28ClN3O3/c1-32-23-14-18(15-24(33-2)26(23)34-3)25-20-8-6-4-5-7-9-22(20)31-27(30-25)21(16-29-31)17-10-12-19(28)13-11-17/h10-16H,4-9H2,1-3H3. The maximum Gasteiger partial charge on any atom is 0.203 e. The number of nitrogens with zero attached hydrogens (tertiary/aromatic N) is 3. The van der Waals surface area contributed by atoms with Crippen LogP contribution in [0.1, 0.15) is 36.9 Å². The molecule has 0 spiro atoms. The van der Waals surface area contributed by atoms with Crippen LogP contribution in [0.15, 0.2) is 42.6 Å². The molecule has 34 heavy (non-hydrogen) atoms. The number of benzene rings is 2. The lowest BCUT2D eigenvalue weighted by Crippen LogP contribution is -2.11. The Morgan fingerprint density at radius 3 is 2.15 bits per heavy atom. The van der Waals surface area contributed by atoms with Gasteiger partial charge in [-0.1, -0.05) is 36.6 Å². The number of aryl methyl sites for hydroxylation is 1. The molecule has 0 saturated heterocycles. The molecule has 0 saturated carbocycles. The van der Waals surface area contributed by atoms with Crippen molar-refractivity contribution in [1.29, 1.82) is 0 Å². The predicted molar refractivity (Wildman–Crippen MR) is 134 cm³/mol. The molecule has 0 radical (unpaired) electrons. The van der Waals surface area contributed by atoms with E-state index in [0.717, 1.165) is 53.7 Å². The van der Waals surface area contributed by atoms with Crippen LogP contribution in [0.2, 0.25) is 5.02 Å². The van der Waals surface area contributed by atoms with Gasteiger partial charge in [0.15, 0.2) is 17.1 Å². The van der Waals surface area contributed by atoms with E-state index in [9.17, 15) is 0 Å². The molecule has 2 aromatic heterocycles. The number of hydrogen-bond donors (Lipinski definition) is 0. The van der Waals surface area contributed by atoms with Crippen molar-refractivity contribution in [3.63, 3.8) is 0 Å². The van der Waals surface area contributed by atoms with Gasteiger partial charge in [0.05, 0.1) is 33.2 Å². The van der Waals surface area contributed by atoms with Gasteiger partial charge in [0, 0.05) is 27.4 Å². The van der Waals surface area contributed by atoms with Gasteiger partial charge in [-0.3, -0.25) is 0 Å². The van der Waals surface area contributed by atoms with E-state index in [4.69, 9.17) is 35.9 Å². The molecule has 2 heterocycles. The molecular formula is C27H28ClN3O3. The lowest BCUT2D eigenvalue weighted by molar-refractivity contribution is 0.324. The quantitative estimate of drug-likeness (QED) is 0.333. The maximum absolute atomic E-state index is 6.14. The average Bonchev–Trinajstić information content (AvgIpc) is 3.26. The molecule has 4 aromatic rings. The van der Waals surface area contributed by atoms with Crippen LogP contribution in [-0.4, -0.2) is 35.9 Å². The number of methoxy groups -OCH3 is 3. The van der Waals surface area contributed by atoms with E-state index in [1.54, 1.807) is 21.3 Å². The Morgan fingerprint density at radius 1 is 0.824 bits per heavy atom. The van der Waals surface area contributed by atoms with Gasteiger partial charge in [-0.15, -0.1) is 0 Å². The second-order valence-corrected chi connectivity index (χ2v) is 8.95. The molecule has 5 rings (SSSR count). The van der Waals surface area contributed by atoms with E-state index < -0.39 is 0 Å². The third-order valence-corrected chi connectivity index (χ3v) is 6.79. The van der Waals surface area contributed by atoms with Gasteiger partial charge in [0.2, 0.25) is 5.75 Å². The molecule has 0 unspecified atom stereocenters. The topological polar surface area (TPSA) is 57.9 Å². The minimum Gasteiger partial charge on any atom is -0.493 e. The molecule has 2 aromatic carbocycles. The lowest BCUT2D eigenvalue weighted by atomic mass is 9.93. The Labute approximate surface area is 204 Å². The third kappa shape index (κ3) is 3.96. The summed E-state index contributed by atoms with van der Waals surface area (Å²) in [5.41, 5.74) is 7.21. The molecule has 7 heteroatoms. The van der Waals surface area contributed by atoms with Crippen molar-refractivity contribution in [2.45, 2.75) is 38.5 Å². The summed E-state index contributed by atoms with van der Waals surface area (Å²) in [6.07, 6.45) is 8.55. The fraction of sp³-hybridized carbons (Fsp3) is 0.333. The van der Waals surface area contributed by atoms with Crippen LogP contribution in [0.25, 0.3) is 28.0 Å². The van der Waals surface area contributed by atoms with Crippen molar-refractivity contribution in [3.8, 4) is 39.6 Å². The second kappa shape index (κ2) is 9.55. The molecule has 0 aliphatic heterocycles. The first-order valence-electron chi connectivity index (χ1n) is 11.6. The highest BCUT2D eigenvalue weighted by Crippen LogP contribution is 2.43. The zero-order valence-corrected chi connectivity index (χ0v) is 20.5. The minimum absolute atomic E-state index is 0.573. The Kier molecular flexibility index (Phi) is 6.33. The van der Waals surface area contributed by atoms with Gasteiger partial charge in [0.1, 0.15) is 0 Å². The molecular weight excluding hydrogens is 450 g/mol. The van der Waals surface area contributed by atoms with Gasteiger partial charge in [-0.25, -0.2) is 9.50 Å². The first-order chi connectivity index (χ1) is 16.6. The number of rotatable bonds is 5. The molecule has 0 atom stereocenters. The molecule has 1 aliphatic rings. The maximum atomic E-state index is 6.14. The van der Waals surface area contributed by atoms with Gasteiger partial charge in [-0.2, -0.15) is 5.10 Å². The average molecular weight is 478 g/mol. The zero-order valence-electron chi connectivity index (χ0n) is 19.7. The molecule has 176 valence electrons. The number of hydrogen-bond acceptors (Lipinski definition) is 5. The summed E-state index contributed by atoms with van der Waals surface area (Å²) in [7, 11) is 4.89. The Bertz CT molecular complexity index is 1310. The van der Waals surface area contributed by atoms with E-state index in [-0.39, 0.29) is 0 Å². The number of aromatic nitrogens is 3. The highest BCUT2D eigenvalue weighted by molar-refractivity contribution is 6.30. The van der Waals surface area contributed by atoms with Gasteiger partial charge in [-0.05, 0) is 55.5 Å². The first kappa shape index (κ1) is 22.5. The van der Waals surface area contributed by atoms with Crippen LogP contribution in [-0.2, 0) is 12.8 Å². The summed E-state index contributed by atoms with van der Waals surface area (Å²) in [6, 6.07) is 11.8. The van der Waals surface area contributed by atoms with E-state index >= 15 is 0 Å². The summed E-state index contributed by atoms with van der Waals surface area (Å²) in [6.45, 7) is 0. The highest BCUT2D eigenvalue weighted by Gasteiger charge is 2.23. The smallest absolute Gasteiger partial charge is 0.203 e. The van der Waals surface area contributed by atoms with Crippen molar-refractivity contribution in [2.24, 2.45) is 0 Å². The minimum atomic E-state index is 0.573. The summed E-state index contributed by atoms with van der Waals surface area (Å²) >= 11 is 6.14. The van der Waals surface area contributed by atoms with Crippen LogP contribution >= 0.6 is 11.6 Å². The third-order valence-electron chi connectivity index (χ3n) is 6.54. The Morgan fingerprint density at radius 2 is 1.50 bits per heavy atom. The fourth-order valence-electron chi connectivity index (χ4n) is 4.84. The molecule has 6 nitrogen and oxygen atoms in total. The van der Waals surface area contributed by atoms with Crippen LogP contribution in [0.3, 0.4) is 0 Å². The van der Waals surface area contributed by atoms with Crippen molar-refractivity contribution >= 4 is 17.2 Å². The van der Waals surface area contributed by atoms with Gasteiger partial charge < -0.3 is 14.2 Å². The van der Waals surface area contributed by atoms with E-state index in [2.05, 4.69) is 0 Å². The number of halogens is 1. The molecule has 0 fully saturated rings. The number of ether oxygens (including phenoxy) is 3. The monoisotopic (exact) mass is 477 g/mol. The SMILES string of the molecule is COc1cc(-c2nc3c(-c4ccc(Cl)cc4)cnn3c3c2CCCCCC3)cc(OC)c1OC. The van der Waals surface area contributed by atoms with E-state index in [1.165, 1.54) is 24.1 Å². The van der Waals surface area contributed by atoms with Crippen LogP contribution < -0.4 is 14.2 Å². The molecule has 1 aliphatic carbocycles. The second-order valence-electron chi connectivity index (χ2n) is 8.51. The summed E-state index contributed by atoms with van der Waals surface area (Å²) in [5, 5.41) is 5.49. The Hall–Kier alpha value is -3.25. The Balaban J connectivity index is 1.79. The van der Waals surface area contributed by atoms with Crippen molar-refractivity contribution in [3.05, 3.63) is 58.9 Å². The zero-order chi connectivity index (χ0) is 23.7. The predicted octanol–water partition coefficient (Wildman–Crippen LogP) is 6.40. The van der Waals surface area contributed by atoms with E-state index in [1.807, 2.05) is 47.1 Å². The first-order valence-corrected chi connectivity index (χ1v) is 12.0. The lowest BCUT2D eigenvalue weighted by Gasteiger charge is -2.20.